The molecule has 2 N–H and O–H groups in total. The Balaban J connectivity index is 2.04. The van der Waals surface area contributed by atoms with Crippen LogP contribution in [0.5, 0.6) is 0 Å². The molecule has 3 rings (SSSR count). The van der Waals surface area contributed by atoms with Crippen LogP contribution in [0.15, 0.2) is 54.7 Å². The van der Waals surface area contributed by atoms with Crippen molar-refractivity contribution in [2.24, 2.45) is 0 Å². The van der Waals surface area contributed by atoms with Gasteiger partial charge in [-0.3, -0.25) is 4.98 Å². The van der Waals surface area contributed by atoms with Gasteiger partial charge in [-0.25, -0.2) is 4.79 Å². The maximum atomic E-state index is 11.1. The fourth-order valence-electron chi connectivity index (χ4n) is 2.52. The Labute approximate surface area is 134 Å². The Bertz CT molecular complexity index is 872. The largest absolute Gasteiger partial charge is 0.478 e. The van der Waals surface area contributed by atoms with Gasteiger partial charge in [0.1, 0.15) is 0 Å². The minimum atomic E-state index is -0.935. The second kappa shape index (κ2) is 6.08. The van der Waals surface area contributed by atoms with Crippen molar-refractivity contribution in [1.82, 2.24) is 4.98 Å². The molecule has 116 valence electrons. The lowest BCUT2D eigenvalue weighted by molar-refractivity contribution is 0.0697. The van der Waals surface area contributed by atoms with Crippen molar-refractivity contribution in [2.45, 2.75) is 19.8 Å². The lowest BCUT2D eigenvalue weighted by Gasteiger charge is -2.12. The van der Waals surface area contributed by atoms with E-state index in [1.807, 2.05) is 18.2 Å². The summed E-state index contributed by atoms with van der Waals surface area (Å²) in [5, 5.41) is 13.4. The third-order valence-electron chi connectivity index (χ3n) is 3.82. The molecule has 2 aromatic carbocycles. The number of hydrogen-bond acceptors (Lipinski definition) is 3. The number of benzene rings is 2. The number of nitrogens with zero attached hydrogens (tertiary/aromatic N) is 1. The molecule has 0 saturated carbocycles. The number of rotatable bonds is 4. The van der Waals surface area contributed by atoms with E-state index in [2.05, 4.69) is 36.3 Å². The van der Waals surface area contributed by atoms with Crippen LogP contribution in [0, 0.1) is 0 Å². The highest BCUT2D eigenvalue weighted by Crippen LogP contribution is 2.28. The number of pyridine rings is 1. The van der Waals surface area contributed by atoms with E-state index >= 15 is 0 Å². The smallest absolute Gasteiger partial charge is 0.335 e. The molecule has 0 amide bonds. The number of aromatic carboxylic acids is 1. The summed E-state index contributed by atoms with van der Waals surface area (Å²) in [5.41, 5.74) is 4.07. The first-order valence-electron chi connectivity index (χ1n) is 7.53. The Kier molecular flexibility index (Phi) is 3.98. The molecule has 0 saturated heterocycles. The SMILES string of the molecule is CC(C)c1ccc2nccc(Nc3cccc(C(=O)O)c3)c2c1. The predicted octanol–water partition coefficient (Wildman–Crippen LogP) is 4.80. The van der Waals surface area contributed by atoms with Crippen LogP contribution in [0.3, 0.4) is 0 Å². The Hall–Kier alpha value is -2.88. The number of aromatic nitrogens is 1. The highest BCUT2D eigenvalue weighted by Gasteiger charge is 2.07. The van der Waals surface area contributed by atoms with Gasteiger partial charge in [-0.05, 0) is 47.9 Å². The van der Waals surface area contributed by atoms with Gasteiger partial charge in [-0.15, -0.1) is 0 Å². The van der Waals surface area contributed by atoms with E-state index in [0.717, 1.165) is 22.3 Å². The van der Waals surface area contributed by atoms with Crippen molar-refractivity contribution in [3.63, 3.8) is 0 Å². The molecule has 0 bridgehead atoms. The van der Waals surface area contributed by atoms with Crippen molar-refractivity contribution in [3.8, 4) is 0 Å². The molecule has 4 nitrogen and oxygen atoms in total. The molecule has 0 radical (unpaired) electrons. The van der Waals surface area contributed by atoms with Crippen LogP contribution in [0.2, 0.25) is 0 Å². The second-order valence-electron chi connectivity index (χ2n) is 5.80. The van der Waals surface area contributed by atoms with Gasteiger partial charge in [0.05, 0.1) is 11.1 Å². The number of anilines is 2. The van der Waals surface area contributed by atoms with E-state index < -0.39 is 5.97 Å². The van der Waals surface area contributed by atoms with Crippen LogP contribution in [0.4, 0.5) is 11.4 Å². The van der Waals surface area contributed by atoms with E-state index in [4.69, 9.17) is 5.11 Å². The molecular formula is C19H18N2O2. The lowest BCUT2D eigenvalue weighted by atomic mass is 10.0. The van der Waals surface area contributed by atoms with Crippen LogP contribution >= 0.6 is 0 Å². The molecule has 4 heteroatoms. The first kappa shape index (κ1) is 15.0. The molecule has 0 unspecified atom stereocenters. The predicted molar refractivity (Wildman–Crippen MR) is 92.5 cm³/mol. The van der Waals surface area contributed by atoms with Gasteiger partial charge in [0.15, 0.2) is 0 Å². The minimum absolute atomic E-state index is 0.260. The van der Waals surface area contributed by atoms with E-state index in [0.29, 0.717) is 5.92 Å². The zero-order chi connectivity index (χ0) is 16.4. The fourth-order valence-corrected chi connectivity index (χ4v) is 2.52. The van der Waals surface area contributed by atoms with Crippen LogP contribution in [-0.4, -0.2) is 16.1 Å². The Morgan fingerprint density at radius 2 is 1.96 bits per heavy atom. The van der Waals surface area contributed by atoms with Crippen LogP contribution in [0.1, 0.15) is 35.7 Å². The zero-order valence-electron chi connectivity index (χ0n) is 13.1. The quantitative estimate of drug-likeness (QED) is 0.726. The minimum Gasteiger partial charge on any atom is -0.478 e. The summed E-state index contributed by atoms with van der Waals surface area (Å²) in [4.78, 5) is 15.5. The number of carboxylic acids is 1. The van der Waals surface area contributed by atoms with E-state index in [-0.39, 0.29) is 5.56 Å². The fraction of sp³-hybridized carbons (Fsp3) is 0.158. The third kappa shape index (κ3) is 3.16. The van der Waals surface area contributed by atoms with Crippen LogP contribution < -0.4 is 5.32 Å². The number of fused-ring (bicyclic) bond motifs is 1. The van der Waals surface area contributed by atoms with E-state index in [1.165, 1.54) is 5.56 Å². The number of nitrogens with one attached hydrogen (secondary N) is 1. The molecule has 3 aromatic rings. The van der Waals surface area contributed by atoms with Gasteiger partial charge < -0.3 is 10.4 Å². The standard InChI is InChI=1S/C19H18N2O2/c1-12(2)13-6-7-17-16(11-13)18(8-9-20-17)21-15-5-3-4-14(10-15)19(22)23/h3-12H,1-2H3,(H,20,21)(H,22,23). The van der Waals surface area contributed by atoms with Crippen molar-refractivity contribution in [3.05, 3.63) is 65.9 Å². The average molecular weight is 306 g/mol. The van der Waals surface area contributed by atoms with Gasteiger partial charge in [0.25, 0.3) is 0 Å². The lowest BCUT2D eigenvalue weighted by Crippen LogP contribution is -1.98. The second-order valence-corrected chi connectivity index (χ2v) is 5.80. The molecule has 23 heavy (non-hydrogen) atoms. The number of hydrogen-bond donors (Lipinski definition) is 2. The molecule has 0 aliphatic heterocycles. The normalized spacial score (nSPS) is 10.9. The van der Waals surface area contributed by atoms with E-state index in [9.17, 15) is 4.79 Å². The molecule has 0 atom stereocenters. The molecule has 1 aromatic heterocycles. The van der Waals surface area contributed by atoms with Crippen molar-refractivity contribution in [1.29, 1.82) is 0 Å². The maximum absolute atomic E-state index is 11.1. The van der Waals surface area contributed by atoms with Gasteiger partial charge in [0.2, 0.25) is 0 Å². The first-order valence-corrected chi connectivity index (χ1v) is 7.53. The van der Waals surface area contributed by atoms with Gasteiger partial charge in [0, 0.05) is 23.0 Å². The maximum Gasteiger partial charge on any atom is 0.335 e. The summed E-state index contributed by atoms with van der Waals surface area (Å²) in [6.07, 6.45) is 1.75. The molecule has 0 aliphatic rings. The molecule has 0 spiro atoms. The van der Waals surface area contributed by atoms with Crippen molar-refractivity contribution < 1.29 is 9.90 Å². The third-order valence-corrected chi connectivity index (χ3v) is 3.82. The Morgan fingerprint density at radius 1 is 1.13 bits per heavy atom. The average Bonchev–Trinajstić information content (AvgIpc) is 2.55. The molecule has 0 aliphatic carbocycles. The molecule has 0 fully saturated rings. The van der Waals surface area contributed by atoms with Gasteiger partial charge >= 0.3 is 5.97 Å². The summed E-state index contributed by atoms with van der Waals surface area (Å²) >= 11 is 0. The highest BCUT2D eigenvalue weighted by atomic mass is 16.4. The molecular weight excluding hydrogens is 288 g/mol. The first-order chi connectivity index (χ1) is 11.0. The topological polar surface area (TPSA) is 62.2 Å². The Morgan fingerprint density at radius 3 is 2.70 bits per heavy atom. The van der Waals surface area contributed by atoms with Gasteiger partial charge in [-0.1, -0.05) is 26.0 Å². The highest BCUT2D eigenvalue weighted by molar-refractivity contribution is 5.94. The van der Waals surface area contributed by atoms with E-state index in [1.54, 1.807) is 24.4 Å². The summed E-state index contributed by atoms with van der Waals surface area (Å²) < 4.78 is 0. The van der Waals surface area contributed by atoms with Crippen molar-refractivity contribution in [2.75, 3.05) is 5.32 Å². The van der Waals surface area contributed by atoms with Crippen molar-refractivity contribution >= 4 is 28.2 Å². The summed E-state index contributed by atoms with van der Waals surface area (Å²) in [6.45, 7) is 4.31. The van der Waals surface area contributed by atoms with Crippen LogP contribution in [-0.2, 0) is 0 Å². The number of carboxylic acid groups (broad SMARTS) is 1. The van der Waals surface area contributed by atoms with Gasteiger partial charge in [-0.2, -0.15) is 0 Å². The molecule has 1 heterocycles. The zero-order valence-corrected chi connectivity index (χ0v) is 13.1. The summed E-state index contributed by atoms with van der Waals surface area (Å²) in [7, 11) is 0. The summed E-state index contributed by atoms with van der Waals surface area (Å²) in [5.74, 6) is -0.502. The summed E-state index contributed by atoms with van der Waals surface area (Å²) in [6, 6.07) is 14.9. The monoisotopic (exact) mass is 306 g/mol. The van der Waals surface area contributed by atoms with Crippen LogP contribution in [0.25, 0.3) is 10.9 Å². The number of carbonyl (C=O) groups is 1.